The second-order valence-corrected chi connectivity index (χ2v) is 2.20. The molecule has 0 saturated heterocycles. The first-order valence-electron chi connectivity index (χ1n) is 2.27. The second kappa shape index (κ2) is 2.46. The summed E-state index contributed by atoms with van der Waals surface area (Å²) in [4.78, 5) is 0. The minimum Gasteiger partial charge on any atom is -0.475 e. The van der Waals surface area contributed by atoms with Crippen molar-refractivity contribution in [3.05, 3.63) is 12.2 Å². The Morgan fingerprint density at radius 2 is 2.62 bits per heavy atom. The van der Waals surface area contributed by atoms with Crippen LogP contribution in [0.4, 0.5) is 0 Å². The molecule has 1 aliphatic rings. The lowest BCUT2D eigenvalue weighted by molar-refractivity contribution is 0.282. The van der Waals surface area contributed by atoms with Crippen molar-refractivity contribution in [2.24, 2.45) is 0 Å². The molecule has 0 fully saturated rings. The fraction of sp³-hybridized carbons (Fsp3) is 0.400. The summed E-state index contributed by atoms with van der Waals surface area (Å²) in [5.41, 5.74) is 0. The summed E-state index contributed by atoms with van der Waals surface area (Å²) in [7, 11) is 0. The van der Waals surface area contributed by atoms with Crippen molar-refractivity contribution in [1.82, 2.24) is 0 Å². The highest BCUT2D eigenvalue weighted by atomic mass is 35.5. The quantitative estimate of drug-likeness (QED) is 0.412. The van der Waals surface area contributed by atoms with Gasteiger partial charge in [-0.1, -0.05) is 0 Å². The number of hydrogen-bond acceptors (Lipinski definition) is 2. The summed E-state index contributed by atoms with van der Waals surface area (Å²) in [5.74, 6) is 0.483. The monoisotopic (exact) mass is 148 g/mol. The summed E-state index contributed by atoms with van der Waals surface area (Å²) in [6.45, 7) is 0. The van der Waals surface area contributed by atoms with Crippen LogP contribution in [-0.4, -0.2) is 17.0 Å². The maximum Gasteiger partial charge on any atom is 0.184 e. The zero-order chi connectivity index (χ0) is 5.98. The summed E-state index contributed by atoms with van der Waals surface area (Å²) < 4.78 is 5.00. The molecule has 1 unspecified atom stereocenters. The first kappa shape index (κ1) is 6.05. The third-order valence-electron chi connectivity index (χ3n) is 0.867. The van der Waals surface area contributed by atoms with E-state index in [0.717, 1.165) is 0 Å². The molecule has 0 spiro atoms. The molecule has 0 amide bonds. The lowest BCUT2D eigenvalue weighted by Crippen LogP contribution is -2.07. The van der Waals surface area contributed by atoms with Gasteiger partial charge in [0.05, 0.1) is 5.88 Å². The van der Waals surface area contributed by atoms with E-state index in [0.29, 0.717) is 10.9 Å². The molecular formula is C5H5ClOS. The van der Waals surface area contributed by atoms with Gasteiger partial charge >= 0.3 is 0 Å². The van der Waals surface area contributed by atoms with Gasteiger partial charge in [-0.25, -0.2) is 0 Å². The highest BCUT2D eigenvalue weighted by Crippen LogP contribution is 2.06. The smallest absolute Gasteiger partial charge is 0.184 e. The molecule has 0 aromatic carbocycles. The van der Waals surface area contributed by atoms with E-state index in [-0.39, 0.29) is 6.10 Å². The van der Waals surface area contributed by atoms with Gasteiger partial charge in [-0.15, -0.1) is 11.6 Å². The van der Waals surface area contributed by atoms with Gasteiger partial charge < -0.3 is 4.74 Å². The van der Waals surface area contributed by atoms with E-state index >= 15 is 0 Å². The third-order valence-corrected chi connectivity index (χ3v) is 1.40. The predicted molar refractivity (Wildman–Crippen MR) is 37.3 cm³/mol. The fourth-order valence-electron chi connectivity index (χ4n) is 0.497. The topological polar surface area (TPSA) is 9.23 Å². The molecule has 0 saturated carbocycles. The van der Waals surface area contributed by atoms with Gasteiger partial charge in [-0.05, 0) is 24.4 Å². The molecule has 1 rings (SSSR count). The fourth-order valence-corrected chi connectivity index (χ4v) is 0.865. The van der Waals surface area contributed by atoms with Gasteiger partial charge in [0.25, 0.3) is 0 Å². The standard InChI is InChI=1S/C5H5ClOS/c6-3-4-1-2-5(8)7-4/h1-2,4H,3H2. The van der Waals surface area contributed by atoms with E-state index in [2.05, 4.69) is 0 Å². The Hall–Kier alpha value is -0.0800. The Morgan fingerprint density at radius 1 is 1.88 bits per heavy atom. The van der Waals surface area contributed by atoms with Crippen LogP contribution in [0.25, 0.3) is 0 Å². The highest BCUT2D eigenvalue weighted by molar-refractivity contribution is 7.80. The Labute approximate surface area is 58.3 Å². The Morgan fingerprint density at radius 3 is 2.88 bits per heavy atom. The second-order valence-electron chi connectivity index (χ2n) is 1.49. The number of ether oxygens (including phenoxy) is 1. The number of rotatable bonds is 1. The molecule has 0 bridgehead atoms. The van der Waals surface area contributed by atoms with Crippen LogP contribution in [0.3, 0.4) is 0 Å². The number of hydrogen-bond donors (Lipinski definition) is 0. The maximum atomic E-state index is 5.44. The van der Waals surface area contributed by atoms with Crippen LogP contribution in [0.1, 0.15) is 0 Å². The molecule has 0 aromatic rings. The van der Waals surface area contributed by atoms with E-state index in [1.54, 1.807) is 6.08 Å². The zero-order valence-electron chi connectivity index (χ0n) is 4.13. The van der Waals surface area contributed by atoms with Crippen LogP contribution in [-0.2, 0) is 4.74 Å². The van der Waals surface area contributed by atoms with Crippen molar-refractivity contribution >= 4 is 28.9 Å². The predicted octanol–water partition coefficient (Wildman–Crippen LogP) is 1.51. The van der Waals surface area contributed by atoms with Crippen molar-refractivity contribution in [3.8, 4) is 0 Å². The van der Waals surface area contributed by atoms with Crippen molar-refractivity contribution in [3.63, 3.8) is 0 Å². The SMILES string of the molecule is S=C1C=CC(CCl)O1. The third kappa shape index (κ3) is 1.20. The Kier molecular flexibility index (Phi) is 1.86. The number of halogens is 1. The van der Waals surface area contributed by atoms with Crippen LogP contribution in [0.2, 0.25) is 0 Å². The first-order chi connectivity index (χ1) is 3.83. The minimum atomic E-state index is 0.0177. The largest absolute Gasteiger partial charge is 0.475 e. The molecule has 0 aromatic heterocycles. The molecule has 0 aliphatic carbocycles. The summed E-state index contributed by atoms with van der Waals surface area (Å²) >= 11 is 10.1. The molecule has 0 radical (unpaired) electrons. The lowest BCUT2D eigenvalue weighted by atomic mass is 10.4. The van der Waals surface area contributed by atoms with Crippen molar-refractivity contribution in [2.45, 2.75) is 6.10 Å². The van der Waals surface area contributed by atoms with Crippen LogP contribution in [0.15, 0.2) is 12.2 Å². The summed E-state index contributed by atoms with van der Waals surface area (Å²) in [5, 5.41) is 0.538. The Bertz CT molecular complexity index is 132. The van der Waals surface area contributed by atoms with Crippen molar-refractivity contribution < 1.29 is 4.74 Å². The molecule has 1 nitrogen and oxygen atoms in total. The van der Waals surface area contributed by atoms with Gasteiger partial charge in [0.15, 0.2) is 5.05 Å². The van der Waals surface area contributed by atoms with E-state index in [9.17, 15) is 0 Å². The van der Waals surface area contributed by atoms with Crippen LogP contribution >= 0.6 is 23.8 Å². The molecule has 1 atom stereocenters. The maximum absolute atomic E-state index is 5.44. The lowest BCUT2D eigenvalue weighted by Gasteiger charge is -2.01. The van der Waals surface area contributed by atoms with E-state index in [4.69, 9.17) is 28.6 Å². The molecule has 8 heavy (non-hydrogen) atoms. The van der Waals surface area contributed by atoms with E-state index in [1.807, 2.05) is 6.08 Å². The van der Waals surface area contributed by atoms with Gasteiger partial charge in [-0.3, -0.25) is 0 Å². The number of thiocarbonyl (C=S) groups is 1. The van der Waals surface area contributed by atoms with Gasteiger partial charge in [0.2, 0.25) is 0 Å². The number of alkyl halides is 1. The van der Waals surface area contributed by atoms with E-state index < -0.39 is 0 Å². The normalized spacial score (nSPS) is 26.1. The zero-order valence-corrected chi connectivity index (χ0v) is 5.71. The Balaban J connectivity index is 2.46. The van der Waals surface area contributed by atoms with E-state index in [1.165, 1.54) is 0 Å². The highest BCUT2D eigenvalue weighted by Gasteiger charge is 2.10. The summed E-state index contributed by atoms with van der Waals surface area (Å²) in [6.07, 6.45) is 3.63. The average molecular weight is 149 g/mol. The average Bonchev–Trinajstić information content (AvgIpc) is 2.14. The van der Waals surface area contributed by atoms with Crippen molar-refractivity contribution in [2.75, 3.05) is 5.88 Å². The minimum absolute atomic E-state index is 0.0177. The van der Waals surface area contributed by atoms with Gasteiger partial charge in [0.1, 0.15) is 6.10 Å². The molecule has 1 heterocycles. The molecule has 44 valence electrons. The van der Waals surface area contributed by atoms with Crippen LogP contribution in [0.5, 0.6) is 0 Å². The van der Waals surface area contributed by atoms with Gasteiger partial charge in [-0.2, -0.15) is 0 Å². The van der Waals surface area contributed by atoms with Crippen LogP contribution < -0.4 is 0 Å². The summed E-state index contributed by atoms with van der Waals surface area (Å²) in [6, 6.07) is 0. The van der Waals surface area contributed by atoms with Gasteiger partial charge in [0, 0.05) is 0 Å². The van der Waals surface area contributed by atoms with Crippen molar-refractivity contribution in [1.29, 1.82) is 0 Å². The van der Waals surface area contributed by atoms with Crippen LogP contribution in [0, 0.1) is 0 Å². The molecule has 0 N–H and O–H groups in total. The molecule has 1 aliphatic heterocycles. The molecule has 3 heteroatoms. The first-order valence-corrected chi connectivity index (χ1v) is 3.22. The molecular weight excluding hydrogens is 144 g/mol.